The second kappa shape index (κ2) is 12.1. The zero-order chi connectivity index (χ0) is 21.3. The van der Waals surface area contributed by atoms with E-state index in [1.165, 1.54) is 25.3 Å². The first-order chi connectivity index (χ1) is 13.2. The fourth-order valence-electron chi connectivity index (χ4n) is 3.87. The summed E-state index contributed by atoms with van der Waals surface area (Å²) in [6.45, 7) is 12.6. The summed E-state index contributed by atoms with van der Waals surface area (Å²) < 4.78 is 5.18. The number of methoxy groups -OCH3 is 1. The highest BCUT2D eigenvalue weighted by Crippen LogP contribution is 2.25. The van der Waals surface area contributed by atoms with Gasteiger partial charge in [-0.2, -0.15) is 0 Å². The lowest BCUT2D eigenvalue weighted by Crippen LogP contribution is -2.21. The predicted molar refractivity (Wildman–Crippen MR) is 118 cm³/mol. The Labute approximate surface area is 171 Å². The van der Waals surface area contributed by atoms with E-state index in [4.69, 9.17) is 4.74 Å². The van der Waals surface area contributed by atoms with Crippen LogP contribution in [-0.2, 0) is 6.42 Å². The fourth-order valence-corrected chi connectivity index (χ4v) is 3.87. The van der Waals surface area contributed by atoms with E-state index in [9.17, 15) is 9.90 Å². The lowest BCUT2D eigenvalue weighted by Gasteiger charge is -2.23. The third kappa shape index (κ3) is 7.83. The Morgan fingerprint density at radius 3 is 2.46 bits per heavy atom. The topological polar surface area (TPSA) is 62.3 Å². The first kappa shape index (κ1) is 24.5. The molecule has 1 aromatic heterocycles. The van der Waals surface area contributed by atoms with Crippen LogP contribution >= 0.6 is 0 Å². The van der Waals surface area contributed by atoms with Gasteiger partial charge in [0.1, 0.15) is 0 Å². The Balaban J connectivity index is 2.38. The van der Waals surface area contributed by atoms with Gasteiger partial charge in [0.05, 0.1) is 13.2 Å². The van der Waals surface area contributed by atoms with Crippen LogP contribution in [0, 0.1) is 24.7 Å². The van der Waals surface area contributed by atoms with E-state index in [0.29, 0.717) is 23.6 Å². The predicted octanol–water partition coefficient (Wildman–Crippen LogP) is 5.42. The molecule has 0 aliphatic rings. The number of pyridine rings is 1. The minimum atomic E-state index is -0.320. The first-order valence-electron chi connectivity index (χ1n) is 10.8. The molecule has 0 spiro atoms. The Kier molecular flexibility index (Phi) is 10.6. The summed E-state index contributed by atoms with van der Waals surface area (Å²) in [5.41, 5.74) is 2.90. The first-order valence-corrected chi connectivity index (χ1v) is 10.8. The highest BCUT2D eigenvalue weighted by atomic mass is 16.5. The normalized spacial score (nSPS) is 16.5. The molecule has 0 aliphatic heterocycles. The summed E-state index contributed by atoms with van der Waals surface area (Å²) in [7, 11) is 1.58. The van der Waals surface area contributed by atoms with Gasteiger partial charge in [0.2, 0.25) is 0 Å². The molecule has 1 rings (SSSR count). The Morgan fingerprint density at radius 2 is 1.86 bits per heavy atom. The number of allylic oxidation sites excluding steroid dienone is 1. The van der Waals surface area contributed by atoms with Crippen molar-refractivity contribution < 1.29 is 9.84 Å². The molecule has 4 nitrogen and oxygen atoms in total. The largest absolute Gasteiger partial charge is 0.482 e. The van der Waals surface area contributed by atoms with Gasteiger partial charge < -0.3 is 14.8 Å². The number of aromatic nitrogens is 1. The summed E-state index contributed by atoms with van der Waals surface area (Å²) in [4.78, 5) is 15.2. The number of ether oxygens (including phenoxy) is 1. The highest BCUT2D eigenvalue weighted by Gasteiger charge is 2.18. The standard InChI is InChI=1S/C24H41NO3/c1-8-18(4)24(27)19(5)14-17(3)11-9-10-16(2)12-13-21-20(6)22(26)15-23(25-21)28-7/h8,15-17,19,24,27H,9-14H2,1-7H3,(H,25,26)/b18-8+/t16?,17?,19-,24+/m1/s1. The molecule has 0 amide bonds. The molecule has 0 aliphatic carbocycles. The van der Waals surface area contributed by atoms with Gasteiger partial charge in [-0.05, 0) is 63.4 Å². The van der Waals surface area contributed by atoms with E-state index in [0.717, 1.165) is 36.1 Å². The Hall–Kier alpha value is -1.55. The summed E-state index contributed by atoms with van der Waals surface area (Å²) in [6, 6.07) is 1.51. The van der Waals surface area contributed by atoms with E-state index < -0.39 is 0 Å². The molecule has 2 unspecified atom stereocenters. The molecule has 2 N–H and O–H groups in total. The van der Waals surface area contributed by atoms with Gasteiger partial charge in [0.25, 0.3) is 0 Å². The number of H-pyrrole nitrogens is 1. The number of aliphatic hydroxyl groups is 1. The van der Waals surface area contributed by atoms with Crippen molar-refractivity contribution in [2.75, 3.05) is 7.11 Å². The molecular weight excluding hydrogens is 350 g/mol. The lowest BCUT2D eigenvalue weighted by atomic mass is 9.86. The van der Waals surface area contributed by atoms with E-state index >= 15 is 0 Å². The average Bonchev–Trinajstić information content (AvgIpc) is 2.67. The molecular formula is C24H41NO3. The SMILES string of the molecule is C/C=C(\C)[C@H](O)[C@H](C)CC(C)CCCC(C)CCc1[nH]c(OC)cc(=O)c1C. The van der Waals surface area contributed by atoms with Crippen LogP contribution in [0.2, 0.25) is 0 Å². The van der Waals surface area contributed by atoms with Crippen LogP contribution in [0.15, 0.2) is 22.5 Å². The zero-order valence-corrected chi connectivity index (χ0v) is 19.0. The molecule has 160 valence electrons. The number of aryl methyl sites for hydroxylation is 1. The molecule has 1 aromatic rings. The van der Waals surface area contributed by atoms with Gasteiger partial charge >= 0.3 is 0 Å². The molecule has 0 aromatic carbocycles. The van der Waals surface area contributed by atoms with E-state index in [-0.39, 0.29) is 11.5 Å². The summed E-state index contributed by atoms with van der Waals surface area (Å²) >= 11 is 0. The van der Waals surface area contributed by atoms with Crippen LogP contribution < -0.4 is 10.2 Å². The van der Waals surface area contributed by atoms with Crippen molar-refractivity contribution in [1.82, 2.24) is 4.98 Å². The number of hydrogen-bond donors (Lipinski definition) is 2. The van der Waals surface area contributed by atoms with Gasteiger partial charge in [-0.15, -0.1) is 0 Å². The van der Waals surface area contributed by atoms with Crippen LogP contribution in [0.25, 0.3) is 0 Å². The van der Waals surface area contributed by atoms with Crippen molar-refractivity contribution in [3.63, 3.8) is 0 Å². The summed E-state index contributed by atoms with van der Waals surface area (Å²) in [5, 5.41) is 10.3. The van der Waals surface area contributed by atoms with Crippen LogP contribution in [0.5, 0.6) is 5.88 Å². The minimum Gasteiger partial charge on any atom is -0.482 e. The maximum absolute atomic E-state index is 12.0. The van der Waals surface area contributed by atoms with Crippen molar-refractivity contribution in [2.24, 2.45) is 17.8 Å². The molecule has 0 saturated heterocycles. The molecule has 0 saturated carbocycles. The molecule has 4 atom stereocenters. The second-order valence-corrected chi connectivity index (χ2v) is 8.68. The highest BCUT2D eigenvalue weighted by molar-refractivity contribution is 5.25. The average molecular weight is 392 g/mol. The molecule has 0 fully saturated rings. The van der Waals surface area contributed by atoms with Gasteiger partial charge in [0.15, 0.2) is 11.3 Å². The molecule has 4 heteroatoms. The minimum absolute atomic E-state index is 0.0385. The third-order valence-electron chi connectivity index (χ3n) is 6.09. The lowest BCUT2D eigenvalue weighted by molar-refractivity contribution is 0.133. The molecule has 28 heavy (non-hydrogen) atoms. The Bertz CT molecular complexity index is 677. The Morgan fingerprint density at radius 1 is 1.21 bits per heavy atom. The number of nitrogens with one attached hydrogen (secondary N) is 1. The van der Waals surface area contributed by atoms with Crippen LogP contribution in [0.3, 0.4) is 0 Å². The quantitative estimate of drug-likeness (QED) is 0.468. The van der Waals surface area contributed by atoms with Gasteiger partial charge in [-0.3, -0.25) is 4.79 Å². The van der Waals surface area contributed by atoms with Crippen molar-refractivity contribution in [2.45, 2.75) is 86.2 Å². The smallest absolute Gasteiger partial charge is 0.194 e. The van der Waals surface area contributed by atoms with Crippen LogP contribution in [0.1, 0.15) is 78.0 Å². The third-order valence-corrected chi connectivity index (χ3v) is 6.09. The van der Waals surface area contributed by atoms with Crippen LogP contribution in [-0.4, -0.2) is 23.3 Å². The maximum Gasteiger partial charge on any atom is 0.194 e. The molecule has 1 heterocycles. The van der Waals surface area contributed by atoms with Gasteiger partial charge in [-0.25, -0.2) is 0 Å². The molecule has 0 bridgehead atoms. The number of aromatic amines is 1. The zero-order valence-electron chi connectivity index (χ0n) is 19.0. The second-order valence-electron chi connectivity index (χ2n) is 8.68. The molecule has 0 radical (unpaired) electrons. The monoisotopic (exact) mass is 391 g/mol. The number of hydrogen-bond acceptors (Lipinski definition) is 3. The van der Waals surface area contributed by atoms with E-state index in [1.54, 1.807) is 7.11 Å². The van der Waals surface area contributed by atoms with Gasteiger partial charge in [-0.1, -0.05) is 46.1 Å². The van der Waals surface area contributed by atoms with Crippen molar-refractivity contribution in [3.8, 4) is 5.88 Å². The number of aliphatic hydroxyl groups excluding tert-OH is 1. The van der Waals surface area contributed by atoms with Crippen molar-refractivity contribution in [3.05, 3.63) is 39.2 Å². The van der Waals surface area contributed by atoms with E-state index in [1.807, 2.05) is 26.8 Å². The summed E-state index contributed by atoms with van der Waals surface area (Å²) in [6.07, 6.45) is 8.29. The maximum atomic E-state index is 12.0. The van der Waals surface area contributed by atoms with Crippen molar-refractivity contribution >= 4 is 0 Å². The number of rotatable bonds is 12. The van der Waals surface area contributed by atoms with Gasteiger partial charge in [0, 0.05) is 17.3 Å². The van der Waals surface area contributed by atoms with Crippen LogP contribution in [0.4, 0.5) is 0 Å². The van der Waals surface area contributed by atoms with Crippen molar-refractivity contribution in [1.29, 1.82) is 0 Å². The fraction of sp³-hybridized carbons (Fsp3) is 0.708. The van der Waals surface area contributed by atoms with E-state index in [2.05, 4.69) is 25.8 Å². The summed E-state index contributed by atoms with van der Waals surface area (Å²) in [5.74, 6) is 2.08.